The molecule has 0 heterocycles. The summed E-state index contributed by atoms with van der Waals surface area (Å²) in [4.78, 5) is 12.3. The van der Waals surface area contributed by atoms with Gasteiger partial charge in [-0.05, 0) is 36.4 Å². The van der Waals surface area contributed by atoms with E-state index in [9.17, 15) is 13.3 Å². The van der Waals surface area contributed by atoms with Gasteiger partial charge in [0.2, 0.25) is 10.0 Å². The van der Waals surface area contributed by atoms with Gasteiger partial charge >= 0.3 is 0 Å². The summed E-state index contributed by atoms with van der Waals surface area (Å²) in [5.74, 6) is 0. The Hall–Kier alpha value is -1.47. The molecule has 0 saturated heterocycles. The van der Waals surface area contributed by atoms with E-state index in [0.29, 0.717) is 18.8 Å². The molecule has 0 aliphatic carbocycles. The molecule has 1 N–H and O–H groups in total. The summed E-state index contributed by atoms with van der Waals surface area (Å²) in [6, 6.07) is 6.85. The fraction of sp³-hybridized carbons (Fsp3) is 0.455. The van der Waals surface area contributed by atoms with Crippen molar-refractivity contribution in [1.82, 2.24) is 4.72 Å². The predicted molar refractivity (Wildman–Crippen MR) is 72.6 cm³/mol. The average molecular weight is 271 g/mol. The number of nitrogens with zero attached hydrogens (tertiary/aromatic N) is 2. The highest BCUT2D eigenvalue weighted by molar-refractivity contribution is 7.88. The van der Waals surface area contributed by atoms with Crippen LogP contribution < -0.4 is 9.62 Å². The zero-order chi connectivity index (χ0) is 13.6. The van der Waals surface area contributed by atoms with E-state index in [0.717, 1.165) is 18.5 Å². The van der Waals surface area contributed by atoms with Gasteiger partial charge in [-0.1, -0.05) is 0 Å². The molecule has 100 valence electrons. The molecule has 0 aliphatic heterocycles. The maximum atomic E-state index is 10.9. The van der Waals surface area contributed by atoms with E-state index in [-0.39, 0.29) is 0 Å². The maximum absolute atomic E-state index is 10.9. The van der Waals surface area contributed by atoms with E-state index in [1.54, 1.807) is 24.3 Å². The minimum absolute atomic E-state index is 0.348. The second kappa shape index (κ2) is 6.46. The SMILES string of the molecule is CCN(CCNS(C)(=O)=O)c1ccc(N=O)cc1. The van der Waals surface area contributed by atoms with Gasteiger partial charge in [0.25, 0.3) is 0 Å². The van der Waals surface area contributed by atoms with Gasteiger partial charge in [-0.25, -0.2) is 13.1 Å². The number of anilines is 1. The third kappa shape index (κ3) is 4.80. The number of rotatable bonds is 7. The predicted octanol–water partition coefficient (Wildman–Crippen LogP) is 1.46. The first-order valence-electron chi connectivity index (χ1n) is 5.59. The number of likely N-dealkylation sites (N-methyl/N-ethyl adjacent to an activating group) is 1. The Balaban J connectivity index is 2.62. The van der Waals surface area contributed by atoms with Crippen LogP contribution in [0.1, 0.15) is 6.92 Å². The van der Waals surface area contributed by atoms with Crippen LogP contribution in [0.2, 0.25) is 0 Å². The molecular formula is C11H17N3O3S. The Labute approximate surface area is 107 Å². The zero-order valence-corrected chi connectivity index (χ0v) is 11.3. The number of hydrogen-bond acceptors (Lipinski definition) is 5. The molecule has 7 heteroatoms. The highest BCUT2D eigenvalue weighted by Crippen LogP contribution is 2.19. The molecule has 0 fully saturated rings. The van der Waals surface area contributed by atoms with Gasteiger partial charge in [0.1, 0.15) is 5.69 Å². The zero-order valence-electron chi connectivity index (χ0n) is 10.5. The minimum Gasteiger partial charge on any atom is -0.370 e. The van der Waals surface area contributed by atoms with Gasteiger partial charge in [-0.3, -0.25) is 0 Å². The van der Waals surface area contributed by atoms with Crippen molar-refractivity contribution in [2.75, 3.05) is 30.8 Å². The number of sulfonamides is 1. The Morgan fingerprint density at radius 2 is 1.89 bits per heavy atom. The van der Waals surface area contributed by atoms with Crippen molar-refractivity contribution < 1.29 is 8.42 Å². The van der Waals surface area contributed by atoms with Gasteiger partial charge < -0.3 is 4.90 Å². The fourth-order valence-electron chi connectivity index (χ4n) is 1.56. The molecule has 0 saturated carbocycles. The third-order valence-corrected chi connectivity index (χ3v) is 3.18. The Kier molecular flexibility index (Phi) is 5.24. The maximum Gasteiger partial charge on any atom is 0.208 e. The van der Waals surface area contributed by atoms with Crippen molar-refractivity contribution in [3.8, 4) is 0 Å². The topological polar surface area (TPSA) is 78.8 Å². The lowest BCUT2D eigenvalue weighted by Crippen LogP contribution is -2.34. The minimum atomic E-state index is -3.15. The first-order chi connectivity index (χ1) is 8.46. The Morgan fingerprint density at radius 1 is 1.28 bits per heavy atom. The molecule has 0 spiro atoms. The smallest absolute Gasteiger partial charge is 0.208 e. The molecule has 0 radical (unpaired) electrons. The number of nitrogens with one attached hydrogen (secondary N) is 1. The lowest BCUT2D eigenvalue weighted by molar-refractivity contribution is 0.587. The van der Waals surface area contributed by atoms with E-state index in [1.807, 2.05) is 11.8 Å². The van der Waals surface area contributed by atoms with Gasteiger partial charge in [-0.15, -0.1) is 4.91 Å². The van der Waals surface area contributed by atoms with Crippen LogP contribution in [0.5, 0.6) is 0 Å². The van der Waals surface area contributed by atoms with Crippen molar-refractivity contribution in [3.05, 3.63) is 29.2 Å². The largest absolute Gasteiger partial charge is 0.370 e. The second-order valence-electron chi connectivity index (χ2n) is 3.85. The van der Waals surface area contributed by atoms with Crippen LogP contribution in [-0.2, 0) is 10.0 Å². The van der Waals surface area contributed by atoms with Gasteiger partial charge in [0.15, 0.2) is 0 Å². The number of nitroso groups, excluding NO2 is 1. The lowest BCUT2D eigenvalue weighted by atomic mass is 10.2. The first kappa shape index (κ1) is 14.6. The molecule has 0 unspecified atom stereocenters. The van der Waals surface area contributed by atoms with E-state index in [1.165, 1.54) is 0 Å². The Bertz CT molecular complexity index is 485. The quantitative estimate of drug-likeness (QED) is 0.761. The molecule has 0 amide bonds. The van der Waals surface area contributed by atoms with Gasteiger partial charge in [0, 0.05) is 25.3 Å². The molecule has 0 aliphatic rings. The summed E-state index contributed by atoms with van der Waals surface area (Å²) in [6.07, 6.45) is 1.13. The molecular weight excluding hydrogens is 254 g/mol. The summed E-state index contributed by atoms with van der Waals surface area (Å²) in [6.45, 7) is 3.64. The van der Waals surface area contributed by atoms with Gasteiger partial charge in [-0.2, -0.15) is 0 Å². The summed E-state index contributed by atoms with van der Waals surface area (Å²) >= 11 is 0. The van der Waals surface area contributed by atoms with Crippen LogP contribution in [0.15, 0.2) is 29.4 Å². The van der Waals surface area contributed by atoms with Crippen LogP contribution >= 0.6 is 0 Å². The summed E-state index contributed by atoms with van der Waals surface area (Å²) in [7, 11) is -3.15. The molecule has 1 aromatic rings. The van der Waals surface area contributed by atoms with Crippen LogP contribution in [0, 0.1) is 4.91 Å². The number of hydrogen-bond donors (Lipinski definition) is 1. The number of benzene rings is 1. The fourth-order valence-corrected chi connectivity index (χ4v) is 2.02. The van der Waals surface area contributed by atoms with Gasteiger partial charge in [0.05, 0.1) is 6.26 Å². The average Bonchev–Trinajstić information content (AvgIpc) is 2.34. The molecule has 0 atom stereocenters. The van der Waals surface area contributed by atoms with Crippen LogP contribution in [0.25, 0.3) is 0 Å². The van der Waals surface area contributed by atoms with Crippen molar-refractivity contribution in [3.63, 3.8) is 0 Å². The highest BCUT2D eigenvalue weighted by Gasteiger charge is 2.06. The summed E-state index contributed by atoms with van der Waals surface area (Å²) in [5, 5.41) is 2.83. The molecule has 6 nitrogen and oxygen atoms in total. The van der Waals surface area contributed by atoms with E-state index in [2.05, 4.69) is 9.90 Å². The summed E-state index contributed by atoms with van der Waals surface area (Å²) in [5.41, 5.74) is 1.31. The molecule has 0 aromatic heterocycles. The van der Waals surface area contributed by atoms with Crippen molar-refractivity contribution >= 4 is 21.4 Å². The standard InChI is InChI=1S/C11H17N3O3S/c1-3-14(9-8-12-18(2,16)17)11-6-4-10(13-15)5-7-11/h4-7,12H,3,8-9H2,1-2H3. The normalized spacial score (nSPS) is 11.2. The molecule has 1 aromatic carbocycles. The molecule has 18 heavy (non-hydrogen) atoms. The summed E-state index contributed by atoms with van der Waals surface area (Å²) < 4.78 is 24.3. The van der Waals surface area contributed by atoms with Crippen molar-refractivity contribution in [1.29, 1.82) is 0 Å². The lowest BCUT2D eigenvalue weighted by Gasteiger charge is -2.23. The highest BCUT2D eigenvalue weighted by atomic mass is 32.2. The van der Waals surface area contributed by atoms with E-state index >= 15 is 0 Å². The van der Waals surface area contributed by atoms with Crippen LogP contribution in [0.3, 0.4) is 0 Å². The third-order valence-electron chi connectivity index (χ3n) is 2.45. The van der Waals surface area contributed by atoms with E-state index < -0.39 is 10.0 Å². The van der Waals surface area contributed by atoms with Crippen molar-refractivity contribution in [2.24, 2.45) is 5.18 Å². The van der Waals surface area contributed by atoms with Crippen LogP contribution in [-0.4, -0.2) is 34.3 Å². The van der Waals surface area contributed by atoms with Crippen LogP contribution in [0.4, 0.5) is 11.4 Å². The monoisotopic (exact) mass is 271 g/mol. The molecule has 0 bridgehead atoms. The van der Waals surface area contributed by atoms with E-state index in [4.69, 9.17) is 0 Å². The molecule has 1 rings (SSSR count). The van der Waals surface area contributed by atoms with Crippen molar-refractivity contribution in [2.45, 2.75) is 6.92 Å². The second-order valence-corrected chi connectivity index (χ2v) is 5.69. The first-order valence-corrected chi connectivity index (χ1v) is 7.48. The Morgan fingerprint density at radius 3 is 2.33 bits per heavy atom.